The molecule has 2 heterocycles. The zero-order chi connectivity index (χ0) is 18.8. The van der Waals surface area contributed by atoms with E-state index in [0.717, 1.165) is 16.1 Å². The van der Waals surface area contributed by atoms with Gasteiger partial charge in [-0.15, -0.1) is 11.3 Å². The predicted molar refractivity (Wildman–Crippen MR) is 104 cm³/mol. The quantitative estimate of drug-likeness (QED) is 0.814. The number of benzene rings is 1. The van der Waals surface area contributed by atoms with Gasteiger partial charge >= 0.3 is 6.03 Å². The maximum Gasteiger partial charge on any atom is 0.319 e. The monoisotopic (exact) mass is 372 g/mol. The van der Waals surface area contributed by atoms with Gasteiger partial charge in [0, 0.05) is 51.2 Å². The standard InChI is InChI=1S/C19H24N4O2S/c1-13-5-6-15(14(2)11-13)17-20-16(12-26-17)18(24)22-7-9-23(10-8-22)19(25)21(3)4/h5-6,11-12H,7-10H2,1-4H3. The van der Waals surface area contributed by atoms with Gasteiger partial charge in [-0.25, -0.2) is 9.78 Å². The molecule has 0 bridgehead atoms. The van der Waals surface area contributed by atoms with Crippen LogP contribution in [0.3, 0.4) is 0 Å². The number of carbonyl (C=O) groups is 2. The molecule has 7 heteroatoms. The van der Waals surface area contributed by atoms with Crippen molar-refractivity contribution in [3.8, 4) is 10.6 Å². The van der Waals surface area contributed by atoms with Gasteiger partial charge in [-0.05, 0) is 19.4 Å². The van der Waals surface area contributed by atoms with Gasteiger partial charge in [-0.1, -0.05) is 23.8 Å². The summed E-state index contributed by atoms with van der Waals surface area (Å²) < 4.78 is 0. The fraction of sp³-hybridized carbons (Fsp3) is 0.421. The molecule has 3 rings (SSSR count). The lowest BCUT2D eigenvalue weighted by atomic mass is 10.1. The van der Waals surface area contributed by atoms with Crippen LogP contribution in [0.15, 0.2) is 23.6 Å². The average Bonchev–Trinajstić information content (AvgIpc) is 3.10. The van der Waals surface area contributed by atoms with Crippen molar-refractivity contribution in [3.63, 3.8) is 0 Å². The average molecular weight is 372 g/mol. The summed E-state index contributed by atoms with van der Waals surface area (Å²) in [6.45, 7) is 6.30. The minimum atomic E-state index is -0.0609. The van der Waals surface area contributed by atoms with Crippen LogP contribution in [0.4, 0.5) is 4.79 Å². The van der Waals surface area contributed by atoms with Crippen LogP contribution in [0, 0.1) is 13.8 Å². The highest BCUT2D eigenvalue weighted by Crippen LogP contribution is 2.28. The summed E-state index contributed by atoms with van der Waals surface area (Å²) >= 11 is 1.49. The Balaban J connectivity index is 1.68. The number of hydrogen-bond acceptors (Lipinski definition) is 4. The van der Waals surface area contributed by atoms with Crippen molar-refractivity contribution in [2.45, 2.75) is 13.8 Å². The summed E-state index contributed by atoms with van der Waals surface area (Å²) in [5.41, 5.74) is 3.93. The molecule has 1 fully saturated rings. The minimum Gasteiger partial charge on any atom is -0.334 e. The third-order valence-corrected chi connectivity index (χ3v) is 5.43. The van der Waals surface area contributed by atoms with Gasteiger partial charge in [0.15, 0.2) is 0 Å². The van der Waals surface area contributed by atoms with E-state index in [0.29, 0.717) is 31.9 Å². The van der Waals surface area contributed by atoms with E-state index in [1.165, 1.54) is 16.9 Å². The molecule has 1 saturated heterocycles. The van der Waals surface area contributed by atoms with Crippen molar-refractivity contribution in [3.05, 3.63) is 40.4 Å². The van der Waals surface area contributed by atoms with Gasteiger partial charge in [0.1, 0.15) is 10.7 Å². The number of rotatable bonds is 2. The van der Waals surface area contributed by atoms with E-state index < -0.39 is 0 Å². The fourth-order valence-electron chi connectivity index (χ4n) is 3.09. The number of nitrogens with zero attached hydrogens (tertiary/aromatic N) is 4. The Hall–Kier alpha value is -2.41. The number of hydrogen-bond donors (Lipinski definition) is 0. The molecule has 1 aromatic carbocycles. The van der Waals surface area contributed by atoms with Crippen LogP contribution in [0.1, 0.15) is 21.6 Å². The summed E-state index contributed by atoms with van der Waals surface area (Å²) in [4.78, 5) is 34.4. The van der Waals surface area contributed by atoms with Crippen molar-refractivity contribution < 1.29 is 9.59 Å². The molecule has 1 aliphatic heterocycles. The molecule has 0 saturated carbocycles. The second-order valence-electron chi connectivity index (χ2n) is 6.81. The van der Waals surface area contributed by atoms with E-state index in [-0.39, 0.29) is 11.9 Å². The van der Waals surface area contributed by atoms with Crippen molar-refractivity contribution in [2.75, 3.05) is 40.3 Å². The van der Waals surface area contributed by atoms with E-state index in [9.17, 15) is 9.59 Å². The maximum atomic E-state index is 12.8. The molecule has 0 atom stereocenters. The fourth-order valence-corrected chi connectivity index (χ4v) is 3.98. The SMILES string of the molecule is Cc1ccc(-c2nc(C(=O)N3CCN(C(=O)N(C)C)CC3)cs2)c(C)c1. The number of thiazole rings is 1. The van der Waals surface area contributed by atoms with Gasteiger partial charge in [0.05, 0.1) is 0 Å². The molecule has 1 aliphatic rings. The molecule has 26 heavy (non-hydrogen) atoms. The van der Waals surface area contributed by atoms with E-state index in [1.54, 1.807) is 28.8 Å². The predicted octanol–water partition coefficient (Wildman–Crippen LogP) is 2.87. The first-order valence-corrected chi connectivity index (χ1v) is 9.53. The second-order valence-corrected chi connectivity index (χ2v) is 7.67. The number of piperazine rings is 1. The Morgan fingerprint density at radius 2 is 1.73 bits per heavy atom. The van der Waals surface area contributed by atoms with Crippen molar-refractivity contribution in [1.82, 2.24) is 19.7 Å². The molecule has 0 aliphatic carbocycles. The van der Waals surface area contributed by atoms with E-state index in [1.807, 2.05) is 5.38 Å². The molecule has 2 aromatic rings. The number of carbonyl (C=O) groups excluding carboxylic acids is 2. The van der Waals surface area contributed by atoms with E-state index in [4.69, 9.17) is 0 Å². The summed E-state index contributed by atoms with van der Waals surface area (Å²) in [5.74, 6) is -0.0609. The van der Waals surface area contributed by atoms with Crippen LogP contribution in [0.5, 0.6) is 0 Å². The Kier molecular flexibility index (Phi) is 5.27. The lowest BCUT2D eigenvalue weighted by molar-refractivity contribution is 0.0645. The molecule has 0 radical (unpaired) electrons. The van der Waals surface area contributed by atoms with Crippen LogP contribution in [-0.2, 0) is 0 Å². The highest BCUT2D eigenvalue weighted by Gasteiger charge is 2.26. The Bertz CT molecular complexity index is 823. The third kappa shape index (κ3) is 3.72. The van der Waals surface area contributed by atoms with Crippen LogP contribution >= 0.6 is 11.3 Å². The van der Waals surface area contributed by atoms with Gasteiger partial charge in [0.2, 0.25) is 0 Å². The third-order valence-electron chi connectivity index (χ3n) is 4.56. The van der Waals surface area contributed by atoms with Crippen LogP contribution in [0.25, 0.3) is 10.6 Å². The molecule has 3 amide bonds. The summed E-state index contributed by atoms with van der Waals surface area (Å²) in [6.07, 6.45) is 0. The largest absolute Gasteiger partial charge is 0.334 e. The zero-order valence-corrected chi connectivity index (χ0v) is 16.5. The van der Waals surface area contributed by atoms with Crippen molar-refractivity contribution in [2.24, 2.45) is 0 Å². The van der Waals surface area contributed by atoms with Crippen LogP contribution < -0.4 is 0 Å². The lowest BCUT2D eigenvalue weighted by Crippen LogP contribution is -2.52. The van der Waals surface area contributed by atoms with Crippen LogP contribution in [0.2, 0.25) is 0 Å². The Labute approximate surface area is 158 Å². The molecule has 6 nitrogen and oxygen atoms in total. The first kappa shape index (κ1) is 18.4. The topological polar surface area (TPSA) is 56.8 Å². The number of urea groups is 1. The second kappa shape index (κ2) is 7.45. The lowest BCUT2D eigenvalue weighted by Gasteiger charge is -2.35. The molecule has 0 N–H and O–H groups in total. The Morgan fingerprint density at radius 3 is 2.35 bits per heavy atom. The molecule has 0 unspecified atom stereocenters. The Morgan fingerprint density at radius 1 is 1.08 bits per heavy atom. The summed E-state index contributed by atoms with van der Waals surface area (Å²) in [6, 6.07) is 6.23. The zero-order valence-electron chi connectivity index (χ0n) is 15.7. The van der Waals surface area contributed by atoms with Gasteiger partial charge in [-0.3, -0.25) is 4.79 Å². The number of amides is 3. The maximum absolute atomic E-state index is 12.8. The van der Waals surface area contributed by atoms with Gasteiger partial charge in [-0.2, -0.15) is 0 Å². The molecular formula is C19H24N4O2S. The number of aromatic nitrogens is 1. The molecule has 0 spiro atoms. The van der Waals surface area contributed by atoms with Gasteiger partial charge in [0.25, 0.3) is 5.91 Å². The normalized spacial score (nSPS) is 14.5. The van der Waals surface area contributed by atoms with Crippen molar-refractivity contribution in [1.29, 1.82) is 0 Å². The highest BCUT2D eigenvalue weighted by atomic mass is 32.1. The van der Waals surface area contributed by atoms with E-state index >= 15 is 0 Å². The number of aryl methyl sites for hydroxylation is 2. The van der Waals surface area contributed by atoms with Gasteiger partial charge < -0.3 is 14.7 Å². The first-order chi connectivity index (χ1) is 12.4. The molecule has 138 valence electrons. The first-order valence-electron chi connectivity index (χ1n) is 8.65. The minimum absolute atomic E-state index is 0.0112. The van der Waals surface area contributed by atoms with E-state index in [2.05, 4.69) is 37.0 Å². The summed E-state index contributed by atoms with van der Waals surface area (Å²) in [5, 5.41) is 2.70. The smallest absolute Gasteiger partial charge is 0.319 e. The molecule has 1 aromatic heterocycles. The van der Waals surface area contributed by atoms with Crippen LogP contribution in [-0.4, -0.2) is 71.9 Å². The highest BCUT2D eigenvalue weighted by molar-refractivity contribution is 7.13. The molecular weight excluding hydrogens is 348 g/mol. The summed E-state index contributed by atoms with van der Waals surface area (Å²) in [7, 11) is 3.48. The van der Waals surface area contributed by atoms with Crippen molar-refractivity contribution >= 4 is 23.3 Å².